The molecule has 2 aromatic carbocycles. The van der Waals surface area contributed by atoms with E-state index in [0.29, 0.717) is 11.4 Å². The Kier molecular flexibility index (Phi) is 4.67. The molecule has 7 nitrogen and oxygen atoms in total. The van der Waals surface area contributed by atoms with Crippen LogP contribution in [0.2, 0.25) is 0 Å². The van der Waals surface area contributed by atoms with Crippen LogP contribution in [0.4, 0.5) is 9.18 Å². The van der Waals surface area contributed by atoms with Crippen molar-refractivity contribution >= 4 is 17.8 Å². The molecule has 29 heavy (non-hydrogen) atoms. The molecule has 2 heterocycles. The molecule has 0 N–H and O–H groups in total. The number of rotatable bonds is 5. The predicted molar refractivity (Wildman–Crippen MR) is 101 cm³/mol. The summed E-state index contributed by atoms with van der Waals surface area (Å²) in [7, 11) is 0. The number of carbonyl (C=O) groups is 3. The Bertz CT molecular complexity index is 1100. The highest BCUT2D eigenvalue weighted by atomic mass is 19.1. The molecule has 4 rings (SSSR count). The minimum Gasteiger partial charge on any atom is -0.263 e. The second kappa shape index (κ2) is 7.31. The lowest BCUT2D eigenvalue weighted by Crippen LogP contribution is -2.35. The van der Waals surface area contributed by atoms with Gasteiger partial charge in [0.1, 0.15) is 5.82 Å². The van der Waals surface area contributed by atoms with Gasteiger partial charge in [-0.2, -0.15) is 5.10 Å². The van der Waals surface area contributed by atoms with Gasteiger partial charge in [-0.1, -0.05) is 36.4 Å². The maximum absolute atomic E-state index is 13.4. The zero-order valence-corrected chi connectivity index (χ0v) is 15.5. The first-order valence-electron chi connectivity index (χ1n) is 9.00. The summed E-state index contributed by atoms with van der Waals surface area (Å²) in [5, 5.41) is 4.28. The zero-order valence-electron chi connectivity index (χ0n) is 15.5. The third-order valence-electron chi connectivity index (χ3n) is 4.79. The second-order valence-electron chi connectivity index (χ2n) is 6.67. The number of amides is 4. The van der Waals surface area contributed by atoms with Gasteiger partial charge >= 0.3 is 17.8 Å². The first kappa shape index (κ1) is 18.5. The molecule has 0 radical (unpaired) electrons. The van der Waals surface area contributed by atoms with E-state index in [1.807, 2.05) is 6.07 Å². The van der Waals surface area contributed by atoms with E-state index in [2.05, 4.69) is 5.10 Å². The Balaban J connectivity index is 1.55. The van der Waals surface area contributed by atoms with Gasteiger partial charge < -0.3 is 0 Å². The number of hydrogen-bond acceptors (Lipinski definition) is 4. The van der Waals surface area contributed by atoms with Gasteiger partial charge in [0, 0.05) is 6.20 Å². The topological polar surface area (TPSA) is 75.5 Å². The van der Waals surface area contributed by atoms with Crippen molar-refractivity contribution in [3.8, 4) is 5.69 Å². The highest BCUT2D eigenvalue weighted by molar-refractivity contribution is 6.44. The summed E-state index contributed by atoms with van der Waals surface area (Å²) in [5.74, 6) is -2.16. The van der Waals surface area contributed by atoms with Gasteiger partial charge in [0.2, 0.25) is 0 Å². The van der Waals surface area contributed by atoms with Crippen molar-refractivity contribution in [2.75, 3.05) is 0 Å². The Morgan fingerprint density at radius 3 is 2.45 bits per heavy atom. The Labute approximate surface area is 166 Å². The van der Waals surface area contributed by atoms with Crippen molar-refractivity contribution < 1.29 is 18.8 Å². The molecule has 1 saturated heterocycles. The molecule has 8 heteroatoms. The molecular weight excluding hydrogens is 375 g/mol. The third kappa shape index (κ3) is 3.40. The number of nitrogens with zero attached hydrogens (tertiary/aromatic N) is 4. The number of urea groups is 1. The Morgan fingerprint density at radius 2 is 1.72 bits per heavy atom. The highest BCUT2D eigenvalue weighted by Crippen LogP contribution is 2.27. The van der Waals surface area contributed by atoms with E-state index in [1.165, 1.54) is 16.8 Å². The summed E-state index contributed by atoms with van der Waals surface area (Å²) in [6.07, 6.45) is 1.60. The molecule has 1 aliphatic heterocycles. The number of imide groups is 2. The van der Waals surface area contributed by atoms with E-state index in [9.17, 15) is 18.8 Å². The fraction of sp³-hybridized carbons (Fsp3) is 0.143. The minimum absolute atomic E-state index is 0.149. The number of hydrogen-bond donors (Lipinski definition) is 0. The lowest BCUT2D eigenvalue weighted by Gasteiger charge is -2.22. The van der Waals surface area contributed by atoms with Crippen LogP contribution in [0, 0.1) is 5.82 Å². The van der Waals surface area contributed by atoms with Gasteiger partial charge in [-0.15, -0.1) is 0 Å². The van der Waals surface area contributed by atoms with Crippen LogP contribution in [-0.2, 0) is 16.1 Å². The third-order valence-corrected chi connectivity index (χ3v) is 4.79. The van der Waals surface area contributed by atoms with Gasteiger partial charge in [0.05, 0.1) is 24.0 Å². The quantitative estimate of drug-likeness (QED) is 0.494. The van der Waals surface area contributed by atoms with E-state index in [0.717, 1.165) is 15.4 Å². The first-order valence-corrected chi connectivity index (χ1v) is 9.00. The molecule has 4 amide bonds. The maximum Gasteiger partial charge on any atom is 0.335 e. The van der Waals surface area contributed by atoms with E-state index < -0.39 is 29.7 Å². The van der Waals surface area contributed by atoms with E-state index >= 15 is 0 Å². The summed E-state index contributed by atoms with van der Waals surface area (Å²) in [4.78, 5) is 39.5. The Morgan fingerprint density at radius 1 is 0.966 bits per heavy atom. The summed E-state index contributed by atoms with van der Waals surface area (Å²) < 4.78 is 14.8. The smallest absolute Gasteiger partial charge is 0.263 e. The minimum atomic E-state index is -0.891. The van der Waals surface area contributed by atoms with Crippen LogP contribution < -0.4 is 0 Å². The fourth-order valence-electron chi connectivity index (χ4n) is 3.25. The molecule has 0 bridgehead atoms. The molecule has 1 fully saturated rings. The van der Waals surface area contributed by atoms with Crippen molar-refractivity contribution in [3.63, 3.8) is 0 Å². The molecule has 1 aromatic heterocycles. The van der Waals surface area contributed by atoms with Crippen molar-refractivity contribution in [2.45, 2.75) is 19.5 Å². The van der Waals surface area contributed by atoms with Gasteiger partial charge in [-0.05, 0) is 36.8 Å². The van der Waals surface area contributed by atoms with Crippen LogP contribution >= 0.6 is 0 Å². The lowest BCUT2D eigenvalue weighted by molar-refractivity contribution is -0.144. The van der Waals surface area contributed by atoms with Crippen LogP contribution in [0.15, 0.2) is 66.9 Å². The van der Waals surface area contributed by atoms with Crippen LogP contribution in [0.25, 0.3) is 5.69 Å². The predicted octanol–water partition coefficient (Wildman–Crippen LogP) is 3.06. The molecule has 1 atom stereocenters. The Hall–Kier alpha value is -3.81. The number of carbonyl (C=O) groups excluding carboxylic acids is 3. The monoisotopic (exact) mass is 392 g/mol. The van der Waals surface area contributed by atoms with Crippen LogP contribution in [-0.4, -0.2) is 37.4 Å². The summed E-state index contributed by atoms with van der Waals surface area (Å²) in [5.41, 5.74) is 1.66. The molecule has 0 saturated carbocycles. The summed E-state index contributed by atoms with van der Waals surface area (Å²) >= 11 is 0. The van der Waals surface area contributed by atoms with Crippen LogP contribution in [0.5, 0.6) is 0 Å². The SMILES string of the molecule is C[C@@H](c1ccccc1)N1C(=O)C(=O)N(Cc2ccn(-c3cccc(F)c3)n2)C1=O. The average Bonchev–Trinajstić information content (AvgIpc) is 3.28. The molecule has 3 aromatic rings. The normalized spacial score (nSPS) is 15.3. The number of halogens is 1. The van der Waals surface area contributed by atoms with Crippen LogP contribution in [0.1, 0.15) is 24.2 Å². The van der Waals surface area contributed by atoms with E-state index in [-0.39, 0.29) is 6.54 Å². The molecule has 0 aliphatic carbocycles. The molecule has 0 spiro atoms. The van der Waals surface area contributed by atoms with Crippen molar-refractivity contribution in [1.82, 2.24) is 19.6 Å². The fourth-order valence-corrected chi connectivity index (χ4v) is 3.25. The number of aromatic nitrogens is 2. The summed E-state index contributed by atoms with van der Waals surface area (Å²) in [6.45, 7) is 1.55. The largest absolute Gasteiger partial charge is 0.335 e. The molecule has 146 valence electrons. The number of benzene rings is 2. The zero-order chi connectivity index (χ0) is 20.5. The van der Waals surface area contributed by atoms with Gasteiger partial charge in [-0.3, -0.25) is 9.59 Å². The molecule has 1 aliphatic rings. The van der Waals surface area contributed by atoms with Crippen molar-refractivity contribution in [3.05, 3.63) is 83.9 Å². The van der Waals surface area contributed by atoms with Gasteiger partial charge in [0.15, 0.2) is 0 Å². The average molecular weight is 392 g/mol. The second-order valence-corrected chi connectivity index (χ2v) is 6.67. The van der Waals surface area contributed by atoms with Gasteiger partial charge in [-0.25, -0.2) is 23.7 Å². The standard InChI is InChI=1S/C21H17FN4O3/c1-14(15-6-3-2-4-7-15)26-20(28)19(27)24(21(26)29)13-17-10-11-25(23-17)18-9-5-8-16(22)12-18/h2-12,14H,13H2,1H3/t14-/m0/s1. The molecular formula is C21H17FN4O3. The van der Waals surface area contributed by atoms with Crippen molar-refractivity contribution in [1.29, 1.82) is 0 Å². The maximum atomic E-state index is 13.4. The lowest BCUT2D eigenvalue weighted by atomic mass is 10.1. The first-order chi connectivity index (χ1) is 14.0. The van der Waals surface area contributed by atoms with Crippen LogP contribution in [0.3, 0.4) is 0 Å². The van der Waals surface area contributed by atoms with E-state index in [4.69, 9.17) is 0 Å². The molecule has 0 unspecified atom stereocenters. The summed E-state index contributed by atoms with van der Waals surface area (Å²) in [6, 6.07) is 15.2. The van der Waals surface area contributed by atoms with E-state index in [1.54, 1.807) is 55.6 Å². The van der Waals surface area contributed by atoms with Crippen molar-refractivity contribution in [2.24, 2.45) is 0 Å². The highest BCUT2D eigenvalue weighted by Gasteiger charge is 2.47. The van der Waals surface area contributed by atoms with Gasteiger partial charge in [0.25, 0.3) is 0 Å².